The molecule has 384 valence electrons. The Morgan fingerprint density at radius 3 is 0.914 bits per heavy atom. The summed E-state index contributed by atoms with van der Waals surface area (Å²) in [5.41, 5.74) is 0. The van der Waals surface area contributed by atoms with Gasteiger partial charge in [-0.25, -0.2) is 0 Å². The zero-order chi connectivity index (χ0) is 49.5. The van der Waals surface area contributed by atoms with E-state index in [-0.39, 0.29) is 0 Å². The van der Waals surface area contributed by atoms with E-state index in [4.69, 9.17) is 9.97 Å². The molecule has 0 saturated heterocycles. The quantitative estimate of drug-likeness (QED) is 0.0311. The van der Waals surface area contributed by atoms with Crippen LogP contribution >= 0.6 is 68.0 Å². The number of rotatable bonds is 32. The van der Waals surface area contributed by atoms with Crippen molar-refractivity contribution in [3.63, 3.8) is 0 Å². The third kappa shape index (κ3) is 12.7. The number of unbranched alkanes of at least 4 members (excludes halogenated alkanes) is 20. The molecule has 2 nitrogen and oxygen atoms in total. The molecule has 6 aromatic rings. The number of aromatic nitrogens is 2. The van der Waals surface area contributed by atoms with E-state index in [0.29, 0.717) is 0 Å². The molecule has 8 rings (SSSR count). The summed E-state index contributed by atoms with van der Waals surface area (Å²) in [4.78, 5) is 38.8. The Balaban J connectivity index is 1.11. The summed E-state index contributed by atoms with van der Waals surface area (Å²) in [6.45, 7) is 9.41. The van der Waals surface area contributed by atoms with Crippen molar-refractivity contribution in [3.8, 4) is 39.3 Å². The Labute approximate surface area is 460 Å². The van der Waals surface area contributed by atoms with Gasteiger partial charge >= 0.3 is 466 Å². The summed E-state index contributed by atoms with van der Waals surface area (Å²) in [5, 5.41) is 9.76. The van der Waals surface area contributed by atoms with Crippen LogP contribution in [0.5, 0.6) is 0 Å². The minimum atomic E-state index is -2.27. The van der Waals surface area contributed by atoms with E-state index in [9.17, 15) is 0 Å². The third-order valence-corrected chi connectivity index (χ3v) is 53.5. The van der Waals surface area contributed by atoms with Crippen molar-refractivity contribution in [1.29, 1.82) is 0 Å². The molecule has 0 bridgehead atoms. The first-order chi connectivity index (χ1) is 33.8. The van der Waals surface area contributed by atoms with Crippen LogP contribution in [0.1, 0.15) is 182 Å². The number of nitrogens with zero attached hydrogens (tertiary/aromatic N) is 2. The van der Waals surface area contributed by atoms with Gasteiger partial charge in [-0.15, -0.1) is 0 Å². The number of hydrogen-bond acceptors (Lipinski definition) is 8. The molecular weight excluding hydrogens is 1210 g/mol. The van der Waals surface area contributed by atoms with Crippen molar-refractivity contribution in [1.82, 2.24) is 9.97 Å². The molecule has 0 amide bonds. The molecule has 0 saturated carbocycles. The zero-order valence-electron chi connectivity index (χ0n) is 45.5. The van der Waals surface area contributed by atoms with Crippen LogP contribution in [0.3, 0.4) is 0 Å². The number of fused-ring (bicyclic) bond motifs is 7. The van der Waals surface area contributed by atoms with Crippen molar-refractivity contribution in [2.75, 3.05) is 0 Å². The van der Waals surface area contributed by atoms with Gasteiger partial charge in [0.15, 0.2) is 0 Å². The maximum atomic E-state index is 5.53. The first kappa shape index (κ1) is 56.6. The summed E-state index contributed by atoms with van der Waals surface area (Å²) >= 11 is 7.90. The standard InChI is InChI=1S/C52H72N2S6Si2.6CH3.2Sn/c1-5-9-13-17-21-25-33-61(34-26-22-18-14-10-6-2)41-29-31-55-45(41)47-43(61)37-39(57-47)49-53-51-52(59-49)54-50(60-51)40-38-44-48(58-40)46-42(30-32-56-46)62(44,35-27-23-19-15-11-7-3)36-28-24-20-16-12-8-4;;;;;;;;/h29-30,37-38H,5-28,33-36H2,1-4H3;6*1H3;;. The van der Waals surface area contributed by atoms with Crippen molar-refractivity contribution < 1.29 is 0 Å². The van der Waals surface area contributed by atoms with E-state index >= 15 is 0 Å². The van der Waals surface area contributed by atoms with Crippen LogP contribution in [0.2, 0.25) is 53.8 Å². The van der Waals surface area contributed by atoms with Crippen LogP contribution < -0.4 is 26.5 Å². The van der Waals surface area contributed by atoms with Crippen molar-refractivity contribution in [2.24, 2.45) is 0 Å². The molecule has 6 aromatic heterocycles. The molecule has 0 fully saturated rings. The van der Waals surface area contributed by atoms with Gasteiger partial charge in [0.25, 0.3) is 0 Å². The molecule has 12 heteroatoms. The normalized spacial score (nSPS) is 14.8. The van der Waals surface area contributed by atoms with Crippen LogP contribution in [0.4, 0.5) is 0 Å². The molecule has 0 N–H and O–H groups in total. The van der Waals surface area contributed by atoms with Crippen LogP contribution in [-0.4, -0.2) is 62.9 Å². The second-order valence-corrected chi connectivity index (χ2v) is 69.3. The van der Waals surface area contributed by atoms with E-state index in [1.54, 1.807) is 35.7 Å². The first-order valence-corrected chi connectivity index (χ1v) is 58.4. The third-order valence-electron chi connectivity index (χ3n) is 16.1. The van der Waals surface area contributed by atoms with Crippen LogP contribution in [0.25, 0.3) is 48.9 Å². The van der Waals surface area contributed by atoms with Crippen molar-refractivity contribution >= 4 is 157 Å². The fourth-order valence-corrected chi connectivity index (χ4v) is 44.1. The van der Waals surface area contributed by atoms with Gasteiger partial charge in [-0.1, -0.05) is 0 Å². The van der Waals surface area contributed by atoms with E-state index in [1.165, 1.54) is 198 Å². The van der Waals surface area contributed by atoms with Gasteiger partial charge in [0.2, 0.25) is 0 Å². The van der Waals surface area contributed by atoms with Crippen LogP contribution in [0, 0.1) is 0 Å². The summed E-state index contributed by atoms with van der Waals surface area (Å²) in [5.74, 6) is 0. The Hall–Kier alpha value is 0.351. The molecule has 0 aromatic carbocycles. The predicted octanol–water partition coefficient (Wildman–Crippen LogP) is 19.0. The molecule has 0 spiro atoms. The second kappa shape index (κ2) is 25.7. The summed E-state index contributed by atoms with van der Waals surface area (Å²) in [6.07, 6.45) is 33.4. The van der Waals surface area contributed by atoms with Gasteiger partial charge in [0, 0.05) is 0 Å². The number of thiazole rings is 2. The molecule has 0 unspecified atom stereocenters. The summed E-state index contributed by atoms with van der Waals surface area (Å²) in [6, 6.07) is 16.9. The second-order valence-electron chi connectivity index (χ2n) is 23.8. The molecule has 0 radical (unpaired) electrons. The van der Waals surface area contributed by atoms with E-state index < -0.39 is 52.9 Å². The van der Waals surface area contributed by atoms with Gasteiger partial charge in [0.05, 0.1) is 0 Å². The SMILES string of the molecule is CCCCCCCC[Si]1(CCCCCCCC)c2cc(-c3nc4sc(-c5cc6c(s5)-c5s[c]([Sn]([CH3])([CH3])[CH3])cc5[Si]6(CCCCCCCC)CCCCCCCC)nc4s3)sc2-c2s[c]([Sn]([CH3])([CH3])[CH3])cc21. The Morgan fingerprint density at radius 2 is 0.614 bits per heavy atom. The van der Waals surface area contributed by atoms with Crippen molar-refractivity contribution in [3.05, 3.63) is 24.3 Å². The molecule has 0 atom stereocenters. The van der Waals surface area contributed by atoms with E-state index in [1.807, 2.05) is 33.0 Å². The summed E-state index contributed by atoms with van der Waals surface area (Å²) in [7, 11) is -3.82. The molecule has 0 aliphatic carbocycles. The molecular formula is C58H90N2S6Si2Sn2. The molecule has 8 heterocycles. The average Bonchev–Trinajstić information content (AvgIpc) is 4.18. The van der Waals surface area contributed by atoms with Gasteiger partial charge in [0.1, 0.15) is 0 Å². The predicted molar refractivity (Wildman–Crippen MR) is 337 cm³/mol. The van der Waals surface area contributed by atoms with E-state index in [0.717, 1.165) is 9.66 Å². The average molecular weight is 1300 g/mol. The number of thiophene rings is 4. The summed E-state index contributed by atoms with van der Waals surface area (Å²) < 4.78 is 3.59. The minimum absolute atomic E-state index is 1.16. The fraction of sp³-hybridized carbons (Fsp3) is 0.655. The van der Waals surface area contributed by atoms with Crippen LogP contribution in [0.15, 0.2) is 24.3 Å². The van der Waals surface area contributed by atoms with Crippen LogP contribution in [-0.2, 0) is 0 Å². The Kier molecular flexibility index (Phi) is 20.7. The monoisotopic (exact) mass is 1300 g/mol. The van der Waals surface area contributed by atoms with Crippen molar-refractivity contribution in [2.45, 2.75) is 236 Å². The van der Waals surface area contributed by atoms with Gasteiger partial charge in [-0.05, 0) is 0 Å². The molecule has 70 heavy (non-hydrogen) atoms. The van der Waals surface area contributed by atoms with E-state index in [2.05, 4.69) is 127 Å². The Bertz CT molecular complexity index is 2360. The first-order valence-electron chi connectivity index (χ1n) is 28.6. The zero-order valence-corrected chi connectivity index (χ0v) is 58.1. The van der Waals surface area contributed by atoms with Gasteiger partial charge in [-0.2, -0.15) is 0 Å². The maximum absolute atomic E-state index is 5.53. The topological polar surface area (TPSA) is 25.8 Å². The van der Waals surface area contributed by atoms with Gasteiger partial charge < -0.3 is 0 Å². The Morgan fingerprint density at radius 1 is 0.343 bits per heavy atom. The number of hydrogen-bond donors (Lipinski definition) is 0. The molecule has 2 aliphatic heterocycles. The fourth-order valence-electron chi connectivity index (χ4n) is 11.9. The van der Waals surface area contributed by atoms with Gasteiger partial charge in [-0.3, -0.25) is 0 Å². The molecule has 2 aliphatic rings.